The Bertz CT molecular complexity index is 723. The monoisotopic (exact) mass is 305 g/mol. The van der Waals surface area contributed by atoms with Gasteiger partial charge in [0.1, 0.15) is 6.33 Å². The van der Waals surface area contributed by atoms with Crippen molar-refractivity contribution in [3.63, 3.8) is 0 Å². The van der Waals surface area contributed by atoms with E-state index in [1.807, 2.05) is 18.2 Å². The Kier molecular flexibility index (Phi) is 3.68. The van der Waals surface area contributed by atoms with Gasteiger partial charge in [-0.3, -0.25) is 0 Å². The molecule has 2 atom stereocenters. The molecule has 1 aromatic carbocycles. The molecule has 0 aliphatic carbocycles. The fourth-order valence-corrected chi connectivity index (χ4v) is 3.87. The van der Waals surface area contributed by atoms with Gasteiger partial charge in [-0.25, -0.2) is 9.97 Å². The summed E-state index contributed by atoms with van der Waals surface area (Å²) in [6.07, 6.45) is 4.51. The molecule has 1 N–H and O–H groups in total. The molecule has 5 nitrogen and oxygen atoms in total. The van der Waals surface area contributed by atoms with Gasteiger partial charge in [0.25, 0.3) is 0 Å². The summed E-state index contributed by atoms with van der Waals surface area (Å²) in [5, 5.41) is 13.0. The molecule has 23 heavy (non-hydrogen) atoms. The van der Waals surface area contributed by atoms with E-state index in [4.69, 9.17) is 0 Å². The van der Waals surface area contributed by atoms with Crippen LogP contribution in [-0.4, -0.2) is 36.1 Å². The number of fused-ring (bicyclic) bond motifs is 1. The molecule has 2 saturated heterocycles. The van der Waals surface area contributed by atoms with Crippen LogP contribution in [0.2, 0.25) is 0 Å². The molecule has 0 saturated carbocycles. The zero-order chi connectivity index (χ0) is 15.6. The molecule has 1 aromatic heterocycles. The van der Waals surface area contributed by atoms with Gasteiger partial charge in [0.05, 0.1) is 17.3 Å². The Labute approximate surface area is 136 Å². The zero-order valence-corrected chi connectivity index (χ0v) is 12.9. The van der Waals surface area contributed by atoms with Gasteiger partial charge in [-0.15, -0.1) is 0 Å². The van der Waals surface area contributed by atoms with Crippen LogP contribution in [0.15, 0.2) is 36.8 Å². The van der Waals surface area contributed by atoms with E-state index in [0.29, 0.717) is 11.5 Å². The van der Waals surface area contributed by atoms with Crippen molar-refractivity contribution in [2.24, 2.45) is 11.8 Å². The first kappa shape index (κ1) is 14.2. The van der Waals surface area contributed by atoms with E-state index in [-0.39, 0.29) is 0 Å². The molecular formula is C18H19N5. The third kappa shape index (κ3) is 2.55. The molecule has 0 radical (unpaired) electrons. The van der Waals surface area contributed by atoms with Crippen LogP contribution in [0.3, 0.4) is 0 Å². The van der Waals surface area contributed by atoms with E-state index in [2.05, 4.69) is 32.3 Å². The number of aromatic nitrogens is 2. The Balaban J connectivity index is 1.76. The lowest BCUT2D eigenvalue weighted by molar-refractivity contribution is 0.318. The maximum absolute atomic E-state index is 9.53. The molecule has 2 fully saturated rings. The number of nitriles is 1. The first-order valence-electron chi connectivity index (χ1n) is 8.12. The van der Waals surface area contributed by atoms with Gasteiger partial charge < -0.3 is 10.2 Å². The molecule has 0 amide bonds. The molecule has 116 valence electrons. The second kappa shape index (κ2) is 5.98. The van der Waals surface area contributed by atoms with Crippen LogP contribution in [0, 0.1) is 23.2 Å². The zero-order valence-electron chi connectivity index (χ0n) is 12.9. The highest BCUT2D eigenvalue weighted by Gasteiger charge is 2.35. The average Bonchev–Trinajstić information content (AvgIpc) is 3.05. The van der Waals surface area contributed by atoms with Crippen LogP contribution in [0.25, 0.3) is 11.3 Å². The van der Waals surface area contributed by atoms with Crippen molar-refractivity contribution in [1.82, 2.24) is 15.3 Å². The minimum atomic E-state index is 0.675. The highest BCUT2D eigenvalue weighted by Crippen LogP contribution is 2.38. The van der Waals surface area contributed by atoms with Crippen LogP contribution in [0.5, 0.6) is 0 Å². The molecule has 2 unspecified atom stereocenters. The number of hydrogen-bond donors (Lipinski definition) is 1. The fourth-order valence-electron chi connectivity index (χ4n) is 3.87. The molecule has 5 heteroatoms. The summed E-state index contributed by atoms with van der Waals surface area (Å²) in [5.74, 6) is 1.45. The largest absolute Gasteiger partial charge is 0.370 e. The average molecular weight is 305 g/mol. The summed E-state index contributed by atoms with van der Waals surface area (Å²) in [6.45, 7) is 4.33. The Morgan fingerprint density at radius 2 is 2.13 bits per heavy atom. The highest BCUT2D eigenvalue weighted by atomic mass is 15.2. The van der Waals surface area contributed by atoms with Gasteiger partial charge in [-0.1, -0.05) is 6.07 Å². The number of benzene rings is 1. The summed E-state index contributed by atoms with van der Waals surface area (Å²) >= 11 is 0. The second-order valence-electron chi connectivity index (χ2n) is 6.32. The first-order valence-corrected chi connectivity index (χ1v) is 8.12. The Hall–Kier alpha value is -2.45. The molecule has 0 spiro atoms. The van der Waals surface area contributed by atoms with Crippen LogP contribution in [0.1, 0.15) is 12.0 Å². The van der Waals surface area contributed by atoms with E-state index in [1.165, 1.54) is 6.42 Å². The van der Waals surface area contributed by atoms with Crippen LogP contribution in [-0.2, 0) is 0 Å². The quantitative estimate of drug-likeness (QED) is 0.920. The SMILES string of the molecule is N#Cc1cccc(N2CC3CCNCC3C2)c1-c1ccncn1. The number of hydrogen-bond acceptors (Lipinski definition) is 5. The Morgan fingerprint density at radius 3 is 2.91 bits per heavy atom. The number of anilines is 1. The van der Waals surface area contributed by atoms with Crippen molar-refractivity contribution < 1.29 is 0 Å². The lowest BCUT2D eigenvalue weighted by Crippen LogP contribution is -2.35. The van der Waals surface area contributed by atoms with Gasteiger partial charge in [0.15, 0.2) is 0 Å². The third-order valence-corrected chi connectivity index (χ3v) is 5.02. The summed E-state index contributed by atoms with van der Waals surface area (Å²) < 4.78 is 0. The summed E-state index contributed by atoms with van der Waals surface area (Å²) in [6, 6.07) is 10.2. The van der Waals surface area contributed by atoms with Crippen molar-refractivity contribution >= 4 is 5.69 Å². The van der Waals surface area contributed by atoms with Crippen LogP contribution in [0.4, 0.5) is 5.69 Å². The highest BCUT2D eigenvalue weighted by molar-refractivity contribution is 5.81. The number of nitrogens with zero attached hydrogens (tertiary/aromatic N) is 4. The number of nitrogens with one attached hydrogen (secondary N) is 1. The maximum atomic E-state index is 9.53. The van der Waals surface area contributed by atoms with E-state index in [1.54, 1.807) is 12.5 Å². The van der Waals surface area contributed by atoms with Gasteiger partial charge in [-0.05, 0) is 49.5 Å². The molecule has 2 aliphatic rings. The van der Waals surface area contributed by atoms with Crippen molar-refractivity contribution in [1.29, 1.82) is 5.26 Å². The second-order valence-corrected chi connectivity index (χ2v) is 6.32. The van der Waals surface area contributed by atoms with Crippen LogP contribution >= 0.6 is 0 Å². The van der Waals surface area contributed by atoms with Gasteiger partial charge in [0.2, 0.25) is 0 Å². The van der Waals surface area contributed by atoms with Gasteiger partial charge in [-0.2, -0.15) is 5.26 Å². The summed E-state index contributed by atoms with van der Waals surface area (Å²) in [4.78, 5) is 10.8. The van der Waals surface area contributed by atoms with Gasteiger partial charge in [0, 0.05) is 30.5 Å². The normalized spacial score (nSPS) is 23.3. The van der Waals surface area contributed by atoms with Gasteiger partial charge >= 0.3 is 0 Å². The van der Waals surface area contributed by atoms with Crippen LogP contribution < -0.4 is 10.2 Å². The lowest BCUT2D eigenvalue weighted by atomic mass is 9.90. The first-order chi connectivity index (χ1) is 11.4. The minimum Gasteiger partial charge on any atom is -0.370 e. The predicted octanol–water partition coefficient (Wildman–Crippen LogP) is 2.06. The Morgan fingerprint density at radius 1 is 1.22 bits per heavy atom. The molecular weight excluding hydrogens is 286 g/mol. The molecule has 2 aliphatic heterocycles. The van der Waals surface area contributed by atoms with Crippen molar-refractivity contribution in [3.8, 4) is 17.3 Å². The molecule has 2 aromatic rings. The standard InChI is InChI=1S/C18H19N5/c19-8-13-2-1-3-17(18(13)16-5-7-21-12-22-16)23-10-14-4-6-20-9-15(14)11-23/h1-3,5,7,12,14-15,20H,4,6,9-11H2. The summed E-state index contributed by atoms with van der Waals surface area (Å²) in [5.41, 5.74) is 3.55. The van der Waals surface area contributed by atoms with Crippen molar-refractivity contribution in [2.75, 3.05) is 31.1 Å². The number of piperidine rings is 1. The molecule has 0 bridgehead atoms. The van der Waals surface area contributed by atoms with E-state index < -0.39 is 0 Å². The minimum absolute atomic E-state index is 0.675. The topological polar surface area (TPSA) is 64.8 Å². The van der Waals surface area contributed by atoms with E-state index >= 15 is 0 Å². The summed E-state index contributed by atoms with van der Waals surface area (Å²) in [7, 11) is 0. The third-order valence-electron chi connectivity index (χ3n) is 5.02. The fraction of sp³-hybridized carbons (Fsp3) is 0.389. The van der Waals surface area contributed by atoms with Crippen molar-refractivity contribution in [2.45, 2.75) is 6.42 Å². The lowest BCUT2D eigenvalue weighted by Gasteiger charge is -2.23. The molecule has 4 rings (SSSR count). The van der Waals surface area contributed by atoms with E-state index in [0.717, 1.165) is 49.0 Å². The smallest absolute Gasteiger partial charge is 0.116 e. The van der Waals surface area contributed by atoms with Crippen molar-refractivity contribution in [3.05, 3.63) is 42.4 Å². The predicted molar refractivity (Wildman–Crippen MR) is 88.9 cm³/mol. The molecule has 3 heterocycles. The van der Waals surface area contributed by atoms with E-state index in [9.17, 15) is 5.26 Å². The number of rotatable bonds is 2. The maximum Gasteiger partial charge on any atom is 0.116 e.